The molecule has 0 spiro atoms. The number of aromatic nitrogens is 1. The zero-order valence-electron chi connectivity index (χ0n) is 5.05. The average molecular weight is 243 g/mol. The molecule has 1 nitrogen and oxygen atoms in total. The maximum absolute atomic E-state index is 5.57. The SMILES string of the molecule is Cl.ClCc1ccncc1Br. The molecule has 1 aromatic rings. The van der Waals surface area contributed by atoms with Crippen molar-refractivity contribution in [3.8, 4) is 0 Å². The van der Waals surface area contributed by atoms with Crippen LogP contribution < -0.4 is 0 Å². The number of hydrogen-bond acceptors (Lipinski definition) is 1. The lowest BCUT2D eigenvalue weighted by Gasteiger charge is -1.94. The van der Waals surface area contributed by atoms with Gasteiger partial charge >= 0.3 is 0 Å². The molecule has 0 atom stereocenters. The minimum absolute atomic E-state index is 0. The number of pyridine rings is 1. The molecule has 0 aliphatic rings. The van der Waals surface area contributed by atoms with Crippen molar-refractivity contribution in [1.82, 2.24) is 4.98 Å². The molecule has 1 rings (SSSR count). The van der Waals surface area contributed by atoms with E-state index in [-0.39, 0.29) is 12.4 Å². The van der Waals surface area contributed by atoms with E-state index in [0.29, 0.717) is 5.88 Å². The second-order valence-corrected chi connectivity index (χ2v) is 2.72. The molecule has 0 aromatic carbocycles. The van der Waals surface area contributed by atoms with E-state index >= 15 is 0 Å². The Hall–Kier alpha value is 0.210. The molecule has 56 valence electrons. The minimum Gasteiger partial charge on any atom is -0.264 e. The van der Waals surface area contributed by atoms with Crippen LogP contribution in [-0.2, 0) is 5.88 Å². The highest BCUT2D eigenvalue weighted by Crippen LogP contribution is 2.15. The molecule has 0 saturated carbocycles. The summed E-state index contributed by atoms with van der Waals surface area (Å²) in [5, 5.41) is 0. The Labute approximate surface area is 79.3 Å². The van der Waals surface area contributed by atoms with E-state index in [0.717, 1.165) is 10.0 Å². The van der Waals surface area contributed by atoms with Gasteiger partial charge in [0, 0.05) is 22.7 Å². The van der Waals surface area contributed by atoms with Crippen molar-refractivity contribution in [2.75, 3.05) is 0 Å². The van der Waals surface area contributed by atoms with Gasteiger partial charge in [-0.3, -0.25) is 4.98 Å². The molecule has 1 heterocycles. The second-order valence-electron chi connectivity index (χ2n) is 1.60. The van der Waals surface area contributed by atoms with Gasteiger partial charge in [0.25, 0.3) is 0 Å². The van der Waals surface area contributed by atoms with E-state index in [2.05, 4.69) is 20.9 Å². The van der Waals surface area contributed by atoms with Crippen molar-refractivity contribution in [2.45, 2.75) is 5.88 Å². The van der Waals surface area contributed by atoms with Crippen LogP contribution in [0.3, 0.4) is 0 Å². The highest BCUT2D eigenvalue weighted by atomic mass is 79.9. The lowest BCUT2D eigenvalue weighted by Crippen LogP contribution is -1.79. The second kappa shape index (κ2) is 4.94. The predicted molar refractivity (Wildman–Crippen MR) is 48.7 cm³/mol. The van der Waals surface area contributed by atoms with E-state index in [9.17, 15) is 0 Å². The van der Waals surface area contributed by atoms with Crippen molar-refractivity contribution in [3.05, 3.63) is 28.5 Å². The molecule has 0 aliphatic carbocycles. The third-order valence-electron chi connectivity index (χ3n) is 1.00. The predicted octanol–water partition coefficient (Wildman–Crippen LogP) is 3.00. The van der Waals surface area contributed by atoms with Crippen molar-refractivity contribution in [1.29, 1.82) is 0 Å². The summed E-state index contributed by atoms with van der Waals surface area (Å²) in [6, 6.07) is 1.89. The Morgan fingerprint density at radius 3 is 2.70 bits per heavy atom. The number of alkyl halides is 1. The van der Waals surface area contributed by atoms with Gasteiger partial charge in [-0.15, -0.1) is 24.0 Å². The normalized spacial score (nSPS) is 8.60. The third kappa shape index (κ3) is 2.45. The molecule has 0 N–H and O–H groups in total. The van der Waals surface area contributed by atoms with Gasteiger partial charge in [0.15, 0.2) is 0 Å². The zero-order valence-corrected chi connectivity index (χ0v) is 8.21. The van der Waals surface area contributed by atoms with E-state index in [1.54, 1.807) is 12.4 Å². The molecule has 0 unspecified atom stereocenters. The van der Waals surface area contributed by atoms with Crippen molar-refractivity contribution >= 4 is 39.9 Å². The fourth-order valence-corrected chi connectivity index (χ4v) is 1.30. The Bertz CT molecular complexity index is 205. The van der Waals surface area contributed by atoms with Gasteiger partial charge in [0.05, 0.1) is 0 Å². The van der Waals surface area contributed by atoms with Crippen LogP contribution in [0.4, 0.5) is 0 Å². The van der Waals surface area contributed by atoms with Gasteiger partial charge in [-0.2, -0.15) is 0 Å². The molecule has 0 saturated heterocycles. The summed E-state index contributed by atoms with van der Waals surface area (Å²) in [4.78, 5) is 3.89. The quantitative estimate of drug-likeness (QED) is 0.690. The summed E-state index contributed by atoms with van der Waals surface area (Å²) in [6.45, 7) is 0. The van der Waals surface area contributed by atoms with Gasteiger partial charge in [0.1, 0.15) is 0 Å². The van der Waals surface area contributed by atoms with Crippen LogP contribution in [0.1, 0.15) is 5.56 Å². The first-order valence-electron chi connectivity index (χ1n) is 2.49. The van der Waals surface area contributed by atoms with Gasteiger partial charge in [-0.1, -0.05) is 0 Å². The maximum Gasteiger partial charge on any atom is 0.0486 e. The Balaban J connectivity index is 0.000000810. The van der Waals surface area contributed by atoms with Crippen LogP contribution in [0.5, 0.6) is 0 Å². The first-order valence-corrected chi connectivity index (χ1v) is 3.81. The number of hydrogen-bond donors (Lipinski definition) is 0. The molecule has 0 aliphatic heterocycles. The Morgan fingerprint density at radius 1 is 1.60 bits per heavy atom. The minimum atomic E-state index is 0. The third-order valence-corrected chi connectivity index (χ3v) is 2.00. The topological polar surface area (TPSA) is 12.9 Å². The van der Waals surface area contributed by atoms with E-state index in [1.165, 1.54) is 0 Å². The van der Waals surface area contributed by atoms with Crippen LogP contribution in [0.2, 0.25) is 0 Å². The molecule has 4 heteroatoms. The monoisotopic (exact) mass is 241 g/mol. The van der Waals surface area contributed by atoms with Gasteiger partial charge < -0.3 is 0 Å². The van der Waals surface area contributed by atoms with E-state index in [4.69, 9.17) is 11.6 Å². The highest BCUT2D eigenvalue weighted by Gasteiger charge is 1.93. The molecule has 0 amide bonds. The summed E-state index contributed by atoms with van der Waals surface area (Å²) < 4.78 is 0.972. The first kappa shape index (κ1) is 10.2. The maximum atomic E-state index is 5.57. The molecule has 0 bridgehead atoms. The van der Waals surface area contributed by atoms with E-state index in [1.807, 2.05) is 6.07 Å². The van der Waals surface area contributed by atoms with Gasteiger partial charge in [-0.05, 0) is 27.6 Å². The lowest BCUT2D eigenvalue weighted by atomic mass is 10.3. The summed E-state index contributed by atoms with van der Waals surface area (Å²) in [5.74, 6) is 0.531. The van der Waals surface area contributed by atoms with Crippen molar-refractivity contribution < 1.29 is 0 Å². The number of halogens is 3. The molecule has 1 aromatic heterocycles. The average Bonchev–Trinajstić information content (AvgIpc) is 1.89. The van der Waals surface area contributed by atoms with Gasteiger partial charge in [0.2, 0.25) is 0 Å². The van der Waals surface area contributed by atoms with Gasteiger partial charge in [-0.25, -0.2) is 0 Å². The smallest absolute Gasteiger partial charge is 0.0486 e. The number of nitrogens with zero attached hydrogens (tertiary/aromatic N) is 1. The summed E-state index contributed by atoms with van der Waals surface area (Å²) in [5.41, 5.74) is 1.08. The first-order chi connectivity index (χ1) is 4.34. The molecule has 0 radical (unpaired) electrons. The summed E-state index contributed by atoms with van der Waals surface area (Å²) >= 11 is 8.88. The van der Waals surface area contributed by atoms with Crippen LogP contribution in [-0.4, -0.2) is 4.98 Å². The zero-order chi connectivity index (χ0) is 6.69. The standard InChI is InChI=1S/C6H5BrClN.ClH/c7-6-4-9-2-1-5(6)3-8;/h1-2,4H,3H2;1H. The van der Waals surface area contributed by atoms with Crippen molar-refractivity contribution in [3.63, 3.8) is 0 Å². The summed E-state index contributed by atoms with van der Waals surface area (Å²) in [6.07, 6.45) is 3.46. The van der Waals surface area contributed by atoms with Crippen LogP contribution in [0.25, 0.3) is 0 Å². The molecule has 0 fully saturated rings. The molecule has 10 heavy (non-hydrogen) atoms. The van der Waals surface area contributed by atoms with Crippen LogP contribution in [0.15, 0.2) is 22.9 Å². The fraction of sp³-hybridized carbons (Fsp3) is 0.167. The summed E-state index contributed by atoms with van der Waals surface area (Å²) in [7, 11) is 0. The molecular weight excluding hydrogens is 237 g/mol. The Kier molecular flexibility index (Phi) is 5.04. The molecular formula is C6H6BrCl2N. The van der Waals surface area contributed by atoms with Crippen LogP contribution >= 0.6 is 39.9 Å². The van der Waals surface area contributed by atoms with Crippen LogP contribution in [0, 0.1) is 0 Å². The fourth-order valence-electron chi connectivity index (χ4n) is 0.512. The van der Waals surface area contributed by atoms with E-state index < -0.39 is 0 Å². The number of rotatable bonds is 1. The van der Waals surface area contributed by atoms with Crippen molar-refractivity contribution in [2.24, 2.45) is 0 Å². The largest absolute Gasteiger partial charge is 0.264 e. The Morgan fingerprint density at radius 2 is 2.30 bits per heavy atom. The highest BCUT2D eigenvalue weighted by molar-refractivity contribution is 9.10. The lowest BCUT2D eigenvalue weighted by molar-refractivity contribution is 1.24.